The standard InChI is InChI=1S/C22H20N4O5/c1-6-31-22(27)18-12(2)26-20(14(9-23)10-24)15(11-25)19(18)13-7-16(28-3)21(30-5)17(8-13)29-4/h7-8,26H,6H2,1-5H3. The number of carbonyl (C=O) groups excluding carboxylic acids is 1. The number of nitriles is 3. The molecule has 0 fully saturated rings. The fourth-order valence-corrected chi connectivity index (χ4v) is 3.16. The number of rotatable bonds is 6. The second-order valence-corrected chi connectivity index (χ2v) is 6.09. The molecular formula is C22H20N4O5. The molecule has 9 nitrogen and oxygen atoms in total. The first-order valence-corrected chi connectivity index (χ1v) is 9.07. The molecule has 0 unspecified atom stereocenters. The van der Waals surface area contributed by atoms with Crippen molar-refractivity contribution in [2.45, 2.75) is 13.8 Å². The summed E-state index contributed by atoms with van der Waals surface area (Å²) in [4.78, 5) is 12.8. The average Bonchev–Trinajstić information content (AvgIpc) is 2.78. The lowest BCUT2D eigenvalue weighted by atomic mass is 9.86. The molecule has 0 radical (unpaired) electrons. The van der Waals surface area contributed by atoms with Gasteiger partial charge < -0.3 is 24.3 Å². The number of nitrogens with zero attached hydrogens (tertiary/aromatic N) is 3. The van der Waals surface area contributed by atoms with E-state index in [-0.39, 0.29) is 34.6 Å². The fraction of sp³-hybridized carbons (Fsp3) is 0.273. The highest BCUT2D eigenvalue weighted by Crippen LogP contribution is 2.44. The predicted octanol–water partition coefficient (Wildman–Crippen LogP) is 2.73. The first-order chi connectivity index (χ1) is 14.9. The number of ether oxygens (including phenoxy) is 4. The van der Waals surface area contributed by atoms with Crippen LogP contribution in [0.15, 0.2) is 40.2 Å². The third-order valence-electron chi connectivity index (χ3n) is 4.46. The topological polar surface area (TPSA) is 137 Å². The van der Waals surface area contributed by atoms with Gasteiger partial charge >= 0.3 is 5.97 Å². The summed E-state index contributed by atoms with van der Waals surface area (Å²) in [5.74, 6) is 0.254. The molecule has 0 amide bonds. The summed E-state index contributed by atoms with van der Waals surface area (Å²) in [5, 5.41) is 31.5. The molecule has 1 N–H and O–H groups in total. The van der Waals surface area contributed by atoms with Crippen molar-refractivity contribution in [1.82, 2.24) is 5.32 Å². The number of esters is 1. The average molecular weight is 420 g/mol. The SMILES string of the molecule is CCOC(=O)C1=C(C)NC(=C(C#N)C#N)C(C#N)=C1c1cc(OC)c(OC)c(OC)c1. The van der Waals surface area contributed by atoms with Crippen LogP contribution < -0.4 is 19.5 Å². The van der Waals surface area contributed by atoms with Crippen LogP contribution in [0.2, 0.25) is 0 Å². The summed E-state index contributed by atoms with van der Waals surface area (Å²) in [6.45, 7) is 3.36. The van der Waals surface area contributed by atoms with Gasteiger partial charge in [0.05, 0.1) is 44.8 Å². The van der Waals surface area contributed by atoms with Crippen molar-refractivity contribution in [3.8, 4) is 35.5 Å². The van der Waals surface area contributed by atoms with Gasteiger partial charge in [-0.2, -0.15) is 15.8 Å². The zero-order chi connectivity index (χ0) is 23.1. The second-order valence-electron chi connectivity index (χ2n) is 6.09. The van der Waals surface area contributed by atoms with Crippen molar-refractivity contribution in [2.24, 2.45) is 0 Å². The van der Waals surface area contributed by atoms with Gasteiger partial charge in [0.25, 0.3) is 0 Å². The van der Waals surface area contributed by atoms with E-state index in [2.05, 4.69) is 5.32 Å². The van der Waals surface area contributed by atoms with E-state index in [4.69, 9.17) is 18.9 Å². The Hall–Kier alpha value is -4.42. The highest BCUT2D eigenvalue weighted by atomic mass is 16.5. The van der Waals surface area contributed by atoms with Gasteiger partial charge in [-0.15, -0.1) is 0 Å². The van der Waals surface area contributed by atoms with E-state index < -0.39 is 5.97 Å². The summed E-state index contributed by atoms with van der Waals surface area (Å²) in [6, 6.07) is 8.69. The van der Waals surface area contributed by atoms with Crippen LogP contribution in [0.1, 0.15) is 19.4 Å². The summed E-state index contributed by atoms with van der Waals surface area (Å²) in [6.07, 6.45) is 0. The Morgan fingerprint density at radius 3 is 2.03 bits per heavy atom. The Morgan fingerprint density at radius 1 is 1.03 bits per heavy atom. The summed E-state index contributed by atoms with van der Waals surface area (Å²) in [5.41, 5.74) is 0.592. The summed E-state index contributed by atoms with van der Waals surface area (Å²) >= 11 is 0. The summed E-state index contributed by atoms with van der Waals surface area (Å²) in [7, 11) is 4.32. The van der Waals surface area contributed by atoms with Crippen LogP contribution in [0.3, 0.4) is 0 Å². The maximum atomic E-state index is 12.8. The number of hydrogen-bond acceptors (Lipinski definition) is 9. The maximum Gasteiger partial charge on any atom is 0.340 e. The zero-order valence-electron chi connectivity index (χ0n) is 17.7. The van der Waals surface area contributed by atoms with Crippen LogP contribution in [0.4, 0.5) is 0 Å². The molecule has 2 rings (SSSR count). The number of allylic oxidation sites excluding steroid dienone is 3. The maximum absolute atomic E-state index is 12.8. The van der Waals surface area contributed by atoms with Crippen molar-refractivity contribution < 1.29 is 23.7 Å². The van der Waals surface area contributed by atoms with Crippen LogP contribution in [0.5, 0.6) is 17.2 Å². The molecule has 9 heteroatoms. The van der Waals surface area contributed by atoms with Crippen molar-refractivity contribution in [3.05, 3.63) is 45.8 Å². The molecule has 0 atom stereocenters. The van der Waals surface area contributed by atoms with Gasteiger partial charge in [-0.25, -0.2) is 4.79 Å². The Morgan fingerprint density at radius 2 is 1.61 bits per heavy atom. The quantitative estimate of drug-likeness (QED) is 0.544. The van der Waals surface area contributed by atoms with Crippen LogP contribution >= 0.6 is 0 Å². The van der Waals surface area contributed by atoms with Crippen molar-refractivity contribution >= 4 is 11.5 Å². The third kappa shape index (κ3) is 4.14. The first-order valence-electron chi connectivity index (χ1n) is 9.07. The highest BCUT2D eigenvalue weighted by Gasteiger charge is 2.32. The highest BCUT2D eigenvalue weighted by molar-refractivity contribution is 6.10. The molecule has 1 aliphatic heterocycles. The van der Waals surface area contributed by atoms with E-state index in [0.717, 1.165) is 0 Å². The van der Waals surface area contributed by atoms with E-state index in [9.17, 15) is 20.6 Å². The van der Waals surface area contributed by atoms with Crippen LogP contribution in [0, 0.1) is 34.0 Å². The Balaban J connectivity index is 3.02. The Labute approximate surface area is 180 Å². The molecule has 158 valence electrons. The van der Waals surface area contributed by atoms with Gasteiger partial charge in [0.2, 0.25) is 5.75 Å². The largest absolute Gasteiger partial charge is 0.493 e. The molecule has 0 aliphatic carbocycles. The molecule has 0 saturated carbocycles. The van der Waals surface area contributed by atoms with Crippen molar-refractivity contribution in [2.75, 3.05) is 27.9 Å². The smallest absolute Gasteiger partial charge is 0.340 e. The molecule has 0 saturated heterocycles. The minimum atomic E-state index is -0.668. The molecule has 0 bridgehead atoms. The van der Waals surface area contributed by atoms with E-state index in [1.54, 1.807) is 38.1 Å². The van der Waals surface area contributed by atoms with Crippen LogP contribution in [-0.2, 0) is 9.53 Å². The third-order valence-corrected chi connectivity index (χ3v) is 4.46. The molecule has 1 aromatic carbocycles. The molecule has 1 heterocycles. The van der Waals surface area contributed by atoms with Crippen LogP contribution in [-0.4, -0.2) is 33.9 Å². The predicted molar refractivity (Wildman–Crippen MR) is 109 cm³/mol. The fourth-order valence-electron chi connectivity index (χ4n) is 3.16. The minimum Gasteiger partial charge on any atom is -0.493 e. The number of hydrogen-bond donors (Lipinski definition) is 1. The lowest BCUT2D eigenvalue weighted by Gasteiger charge is -2.25. The monoisotopic (exact) mass is 420 g/mol. The summed E-state index contributed by atoms with van der Waals surface area (Å²) < 4.78 is 21.3. The zero-order valence-corrected chi connectivity index (χ0v) is 17.7. The van der Waals surface area contributed by atoms with E-state index >= 15 is 0 Å². The molecular weight excluding hydrogens is 400 g/mol. The van der Waals surface area contributed by atoms with Gasteiger partial charge in [0.1, 0.15) is 18.2 Å². The number of carbonyl (C=O) groups is 1. The Kier molecular flexibility index (Phi) is 7.28. The van der Waals surface area contributed by atoms with Gasteiger partial charge in [-0.1, -0.05) is 0 Å². The van der Waals surface area contributed by atoms with E-state index in [0.29, 0.717) is 28.5 Å². The molecule has 31 heavy (non-hydrogen) atoms. The van der Waals surface area contributed by atoms with Crippen molar-refractivity contribution in [1.29, 1.82) is 15.8 Å². The van der Waals surface area contributed by atoms with E-state index in [1.807, 2.05) is 6.07 Å². The van der Waals surface area contributed by atoms with Gasteiger partial charge in [-0.3, -0.25) is 0 Å². The Bertz CT molecular complexity index is 1100. The second kappa shape index (κ2) is 9.87. The number of benzene rings is 1. The van der Waals surface area contributed by atoms with Crippen molar-refractivity contribution in [3.63, 3.8) is 0 Å². The number of nitrogens with one attached hydrogen (secondary N) is 1. The molecule has 0 spiro atoms. The minimum absolute atomic E-state index is 0.00167. The lowest BCUT2D eigenvalue weighted by molar-refractivity contribution is -0.138. The van der Waals surface area contributed by atoms with Gasteiger partial charge in [0.15, 0.2) is 17.1 Å². The van der Waals surface area contributed by atoms with Gasteiger partial charge in [0, 0.05) is 11.3 Å². The first kappa shape index (κ1) is 22.9. The molecule has 0 aromatic heterocycles. The number of dihydropyridines is 1. The lowest BCUT2D eigenvalue weighted by Crippen LogP contribution is -2.26. The normalized spacial score (nSPS) is 12.8. The van der Waals surface area contributed by atoms with Gasteiger partial charge in [-0.05, 0) is 31.5 Å². The number of methoxy groups -OCH3 is 3. The van der Waals surface area contributed by atoms with Crippen LogP contribution in [0.25, 0.3) is 5.57 Å². The van der Waals surface area contributed by atoms with E-state index in [1.165, 1.54) is 21.3 Å². The molecule has 1 aromatic rings. The molecule has 1 aliphatic rings.